The van der Waals surface area contributed by atoms with Gasteiger partial charge in [0.1, 0.15) is 0 Å². The largest absolute Gasteiger partial charge is 0.412 e. The first kappa shape index (κ1) is 29.6. The van der Waals surface area contributed by atoms with E-state index in [9.17, 15) is 4.79 Å². The standard InChI is InChI=1S/C28H32N4O.2ClH.H2O/c1-29-25-15-8-9-16-26(25)32(28(29)33)18-10-17-30-19-21-31(22-20-30)27(23-11-4-2-5-12-23)24-13-6-3-7-14-24;;;/h2-9,11-16,27H,10,17-22H2,1H3;2*1H;1H2. The van der Waals surface area contributed by atoms with E-state index < -0.39 is 0 Å². The van der Waals surface area contributed by atoms with Crippen molar-refractivity contribution in [2.24, 2.45) is 7.05 Å². The molecule has 6 nitrogen and oxygen atoms in total. The van der Waals surface area contributed by atoms with Crippen LogP contribution in [0.5, 0.6) is 0 Å². The molecule has 5 rings (SSSR count). The van der Waals surface area contributed by atoms with Gasteiger partial charge in [-0.25, -0.2) is 4.79 Å². The van der Waals surface area contributed by atoms with Gasteiger partial charge in [0.05, 0.1) is 17.1 Å². The molecular formula is C28H36Cl2N4O2. The molecule has 0 spiro atoms. The molecule has 4 aromatic rings. The van der Waals surface area contributed by atoms with Gasteiger partial charge in [0.15, 0.2) is 0 Å². The Morgan fingerprint density at radius 1 is 0.694 bits per heavy atom. The predicted molar refractivity (Wildman–Crippen MR) is 153 cm³/mol. The third-order valence-electron chi connectivity index (χ3n) is 6.91. The smallest absolute Gasteiger partial charge is 0.328 e. The molecule has 0 amide bonds. The molecule has 1 aromatic heterocycles. The highest BCUT2D eigenvalue weighted by molar-refractivity contribution is 5.85. The second-order valence-corrected chi connectivity index (χ2v) is 8.94. The van der Waals surface area contributed by atoms with Crippen LogP contribution in [-0.4, -0.2) is 57.1 Å². The first-order chi connectivity index (χ1) is 16.2. The summed E-state index contributed by atoms with van der Waals surface area (Å²) >= 11 is 0. The molecule has 2 heterocycles. The molecule has 3 aromatic carbocycles. The Balaban J connectivity index is 0.00000152. The zero-order valence-corrected chi connectivity index (χ0v) is 22.3. The number of benzene rings is 3. The Labute approximate surface area is 225 Å². The van der Waals surface area contributed by atoms with Crippen molar-refractivity contribution >= 4 is 35.8 Å². The van der Waals surface area contributed by atoms with Crippen molar-refractivity contribution in [2.45, 2.75) is 19.0 Å². The molecular weight excluding hydrogens is 495 g/mol. The molecule has 0 radical (unpaired) electrons. The fraction of sp³-hybridized carbons (Fsp3) is 0.321. The molecule has 2 N–H and O–H groups in total. The van der Waals surface area contributed by atoms with Crippen LogP contribution in [0.1, 0.15) is 23.6 Å². The zero-order chi connectivity index (χ0) is 22.6. The number of aryl methyl sites for hydroxylation is 2. The van der Waals surface area contributed by atoms with Gasteiger partial charge in [-0.3, -0.25) is 14.0 Å². The summed E-state index contributed by atoms with van der Waals surface area (Å²) in [6, 6.07) is 30.0. The maximum Gasteiger partial charge on any atom is 0.328 e. The lowest BCUT2D eigenvalue weighted by molar-refractivity contribution is 0.108. The average Bonchev–Trinajstić information content (AvgIpc) is 3.11. The lowest BCUT2D eigenvalue weighted by Gasteiger charge is -2.39. The predicted octanol–water partition coefficient (Wildman–Crippen LogP) is 4.16. The van der Waals surface area contributed by atoms with Gasteiger partial charge in [-0.1, -0.05) is 72.8 Å². The van der Waals surface area contributed by atoms with E-state index in [1.54, 1.807) is 4.57 Å². The number of para-hydroxylation sites is 2. The van der Waals surface area contributed by atoms with E-state index in [2.05, 4.69) is 70.5 Å². The van der Waals surface area contributed by atoms with Gasteiger partial charge in [-0.05, 0) is 36.2 Å². The monoisotopic (exact) mass is 530 g/mol. The zero-order valence-electron chi connectivity index (χ0n) is 20.6. The van der Waals surface area contributed by atoms with Crippen molar-refractivity contribution in [3.8, 4) is 0 Å². The van der Waals surface area contributed by atoms with Crippen LogP contribution < -0.4 is 5.69 Å². The summed E-state index contributed by atoms with van der Waals surface area (Å²) in [4.78, 5) is 17.8. The number of hydrogen-bond donors (Lipinski definition) is 0. The highest BCUT2D eigenvalue weighted by atomic mass is 35.5. The van der Waals surface area contributed by atoms with E-state index in [0.29, 0.717) is 6.04 Å². The Hall–Kier alpha value is -2.61. The normalized spacial score (nSPS) is 14.2. The molecule has 1 aliphatic rings. The summed E-state index contributed by atoms with van der Waals surface area (Å²) in [5.41, 5.74) is 4.82. The summed E-state index contributed by atoms with van der Waals surface area (Å²) in [5.74, 6) is 0. The highest BCUT2D eigenvalue weighted by Gasteiger charge is 2.26. The topological polar surface area (TPSA) is 64.9 Å². The van der Waals surface area contributed by atoms with E-state index in [0.717, 1.165) is 56.7 Å². The van der Waals surface area contributed by atoms with Crippen molar-refractivity contribution in [3.05, 3.63) is 107 Å². The highest BCUT2D eigenvalue weighted by Crippen LogP contribution is 2.29. The number of rotatable bonds is 7. The first-order valence-corrected chi connectivity index (χ1v) is 11.9. The van der Waals surface area contributed by atoms with E-state index in [1.807, 2.05) is 35.9 Å². The van der Waals surface area contributed by atoms with Crippen LogP contribution in [0, 0.1) is 0 Å². The summed E-state index contributed by atoms with van der Waals surface area (Å²) < 4.78 is 3.67. The minimum absolute atomic E-state index is 0. The number of fused-ring (bicyclic) bond motifs is 1. The van der Waals surface area contributed by atoms with Crippen molar-refractivity contribution in [3.63, 3.8) is 0 Å². The first-order valence-electron chi connectivity index (χ1n) is 11.9. The molecule has 194 valence electrons. The van der Waals surface area contributed by atoms with Gasteiger partial charge >= 0.3 is 5.69 Å². The quantitative estimate of drug-likeness (QED) is 0.360. The summed E-state index contributed by atoms with van der Waals surface area (Å²) in [7, 11) is 1.86. The second kappa shape index (κ2) is 13.6. The van der Waals surface area contributed by atoms with Crippen molar-refractivity contribution in [1.82, 2.24) is 18.9 Å². The molecule has 1 fully saturated rings. The number of hydrogen-bond acceptors (Lipinski definition) is 3. The molecule has 0 unspecified atom stereocenters. The molecule has 1 saturated heterocycles. The SMILES string of the molecule is Cl.Cl.Cn1c(=O)n(CCCN2CCN(C(c3ccccc3)c3ccccc3)CC2)c2ccccc21.O. The lowest BCUT2D eigenvalue weighted by Crippen LogP contribution is -2.48. The second-order valence-electron chi connectivity index (χ2n) is 8.94. The number of nitrogens with zero attached hydrogens (tertiary/aromatic N) is 4. The number of aromatic nitrogens is 2. The van der Waals surface area contributed by atoms with Crippen molar-refractivity contribution < 1.29 is 5.48 Å². The fourth-order valence-corrected chi connectivity index (χ4v) is 5.16. The third kappa shape index (κ3) is 6.20. The fourth-order valence-electron chi connectivity index (χ4n) is 5.16. The number of halogens is 2. The van der Waals surface area contributed by atoms with Gasteiger partial charge in [-0.2, -0.15) is 0 Å². The number of imidazole rings is 1. The van der Waals surface area contributed by atoms with Crippen molar-refractivity contribution in [1.29, 1.82) is 0 Å². The van der Waals surface area contributed by atoms with Crippen LogP contribution in [0.25, 0.3) is 11.0 Å². The number of piperazine rings is 1. The van der Waals surface area contributed by atoms with Crippen LogP contribution in [0.15, 0.2) is 89.7 Å². The molecule has 0 bridgehead atoms. The van der Waals surface area contributed by atoms with Crippen molar-refractivity contribution in [2.75, 3.05) is 32.7 Å². The third-order valence-corrected chi connectivity index (χ3v) is 6.91. The van der Waals surface area contributed by atoms with E-state index >= 15 is 0 Å². The van der Waals surface area contributed by atoms with Crippen LogP contribution in [-0.2, 0) is 13.6 Å². The molecule has 1 aliphatic heterocycles. The van der Waals surface area contributed by atoms with Crippen LogP contribution in [0.2, 0.25) is 0 Å². The lowest BCUT2D eigenvalue weighted by atomic mass is 9.96. The molecule has 0 aliphatic carbocycles. The Morgan fingerprint density at radius 2 is 1.19 bits per heavy atom. The minimum Gasteiger partial charge on any atom is -0.412 e. The van der Waals surface area contributed by atoms with Crippen LogP contribution >= 0.6 is 24.8 Å². The van der Waals surface area contributed by atoms with E-state index in [1.165, 1.54) is 11.1 Å². The summed E-state index contributed by atoms with van der Waals surface area (Å²) in [5, 5.41) is 0. The van der Waals surface area contributed by atoms with Gasteiger partial charge < -0.3 is 10.4 Å². The minimum atomic E-state index is 0. The Morgan fingerprint density at radius 3 is 1.75 bits per heavy atom. The Kier molecular flexibility index (Phi) is 11.2. The van der Waals surface area contributed by atoms with Gasteiger partial charge in [0.25, 0.3) is 0 Å². The summed E-state index contributed by atoms with van der Waals surface area (Å²) in [6.07, 6.45) is 0.981. The Bertz CT molecular complexity index is 1210. The molecule has 0 atom stereocenters. The van der Waals surface area contributed by atoms with Gasteiger partial charge in [0.2, 0.25) is 0 Å². The maximum atomic E-state index is 12.7. The van der Waals surface area contributed by atoms with Gasteiger partial charge in [0, 0.05) is 39.8 Å². The van der Waals surface area contributed by atoms with Crippen LogP contribution in [0.3, 0.4) is 0 Å². The molecule has 8 heteroatoms. The van der Waals surface area contributed by atoms with E-state index in [-0.39, 0.29) is 36.0 Å². The van der Waals surface area contributed by atoms with Gasteiger partial charge in [-0.15, -0.1) is 24.8 Å². The van der Waals surface area contributed by atoms with Crippen LogP contribution in [0.4, 0.5) is 0 Å². The van der Waals surface area contributed by atoms with E-state index in [4.69, 9.17) is 0 Å². The molecule has 0 saturated carbocycles. The summed E-state index contributed by atoms with van der Waals surface area (Å²) in [6.45, 7) is 5.98. The average molecular weight is 532 g/mol. The maximum absolute atomic E-state index is 12.7. The molecule has 36 heavy (non-hydrogen) atoms.